The second-order valence-corrected chi connectivity index (χ2v) is 10.7. The van der Waals surface area contributed by atoms with E-state index in [9.17, 15) is 5.11 Å². The Morgan fingerprint density at radius 1 is 0.923 bits per heavy atom. The van der Waals surface area contributed by atoms with E-state index in [0.717, 1.165) is 46.8 Å². The molecule has 1 aromatic heterocycles. The Bertz CT molecular complexity index is 1290. The molecule has 6 rings (SSSR count). The maximum atomic E-state index is 11.7. The van der Waals surface area contributed by atoms with Crippen molar-refractivity contribution in [1.82, 2.24) is 4.98 Å². The van der Waals surface area contributed by atoms with E-state index in [4.69, 9.17) is 29.4 Å². The second kappa shape index (κ2) is 11.3. The SMILES string of the molecule is COc1ccc2c(c1)[C@H](OCCc1ccnc(N)c1)[C@H]([C@H]1COc3ccc(OC4CCCC4)cc3[C@H]1O)CO2. The lowest BCUT2D eigenvalue weighted by molar-refractivity contribution is -0.0833. The molecule has 0 unspecified atom stereocenters. The van der Waals surface area contributed by atoms with Gasteiger partial charge in [-0.3, -0.25) is 0 Å². The number of hydrogen-bond donors (Lipinski definition) is 2. The fourth-order valence-electron chi connectivity index (χ4n) is 6.05. The number of nitrogens with two attached hydrogens (primary N) is 1. The Hall–Kier alpha value is -3.49. The van der Waals surface area contributed by atoms with E-state index in [1.54, 1.807) is 13.3 Å². The van der Waals surface area contributed by atoms with E-state index in [2.05, 4.69) is 4.98 Å². The quantitative estimate of drug-likeness (QED) is 0.416. The van der Waals surface area contributed by atoms with Crippen LogP contribution in [0, 0.1) is 11.8 Å². The number of fused-ring (bicyclic) bond motifs is 2. The van der Waals surface area contributed by atoms with Crippen LogP contribution in [0.3, 0.4) is 0 Å². The Morgan fingerprint density at radius 2 is 1.64 bits per heavy atom. The van der Waals surface area contributed by atoms with E-state index in [1.165, 1.54) is 12.8 Å². The highest BCUT2D eigenvalue weighted by Crippen LogP contribution is 2.48. The minimum atomic E-state index is -0.743. The molecule has 1 fully saturated rings. The molecular formula is C31H36N2O6. The van der Waals surface area contributed by atoms with E-state index >= 15 is 0 Å². The van der Waals surface area contributed by atoms with Gasteiger partial charge in [-0.1, -0.05) is 0 Å². The van der Waals surface area contributed by atoms with Gasteiger partial charge in [0, 0.05) is 29.2 Å². The summed E-state index contributed by atoms with van der Waals surface area (Å²) in [5.74, 6) is 3.09. The number of rotatable bonds is 8. The number of hydrogen-bond acceptors (Lipinski definition) is 8. The zero-order valence-electron chi connectivity index (χ0n) is 22.3. The second-order valence-electron chi connectivity index (χ2n) is 10.7. The van der Waals surface area contributed by atoms with E-state index in [-0.39, 0.29) is 24.0 Å². The predicted octanol–water partition coefficient (Wildman–Crippen LogP) is 5.05. The molecule has 39 heavy (non-hydrogen) atoms. The number of nitrogens with zero attached hydrogens (tertiary/aromatic N) is 1. The molecule has 3 N–H and O–H groups in total. The molecule has 0 spiro atoms. The average molecular weight is 533 g/mol. The van der Waals surface area contributed by atoms with Crippen molar-refractivity contribution in [3.63, 3.8) is 0 Å². The minimum Gasteiger partial charge on any atom is -0.497 e. The summed E-state index contributed by atoms with van der Waals surface area (Å²) >= 11 is 0. The highest BCUT2D eigenvalue weighted by Gasteiger charge is 2.43. The van der Waals surface area contributed by atoms with Gasteiger partial charge < -0.3 is 34.5 Å². The third kappa shape index (κ3) is 5.49. The first-order valence-electron chi connectivity index (χ1n) is 13.8. The van der Waals surface area contributed by atoms with Crippen LogP contribution in [0.2, 0.25) is 0 Å². The minimum absolute atomic E-state index is 0.144. The molecule has 4 atom stereocenters. The van der Waals surface area contributed by atoms with Crippen LogP contribution in [-0.4, -0.2) is 43.1 Å². The molecule has 3 aromatic rings. The Labute approximate surface area is 229 Å². The summed E-state index contributed by atoms with van der Waals surface area (Å²) in [5.41, 5.74) is 8.59. The molecule has 1 aliphatic carbocycles. The first kappa shape index (κ1) is 25.8. The van der Waals surface area contributed by atoms with Crippen molar-refractivity contribution in [1.29, 1.82) is 0 Å². The van der Waals surface area contributed by atoms with Crippen molar-refractivity contribution in [3.05, 3.63) is 71.4 Å². The molecule has 2 aromatic carbocycles. The summed E-state index contributed by atoms with van der Waals surface area (Å²) in [6, 6.07) is 15.4. The first-order chi connectivity index (χ1) is 19.1. The number of nitrogen functional groups attached to an aromatic ring is 1. The number of benzene rings is 2. The van der Waals surface area contributed by atoms with Crippen molar-refractivity contribution >= 4 is 5.82 Å². The number of anilines is 1. The maximum absolute atomic E-state index is 11.7. The lowest BCUT2D eigenvalue weighted by Crippen LogP contribution is -2.41. The molecule has 3 aliphatic rings. The maximum Gasteiger partial charge on any atom is 0.125 e. The van der Waals surface area contributed by atoms with Crippen molar-refractivity contribution < 1.29 is 28.8 Å². The molecule has 2 aliphatic heterocycles. The van der Waals surface area contributed by atoms with Crippen LogP contribution in [0.25, 0.3) is 0 Å². The van der Waals surface area contributed by atoms with Crippen LogP contribution >= 0.6 is 0 Å². The zero-order valence-corrected chi connectivity index (χ0v) is 22.3. The standard InChI is InChI=1S/C31H36N2O6/c1-35-21-6-8-28-24(15-21)31(36-13-11-19-10-12-33-29(32)14-19)26(18-38-28)25-17-37-27-9-7-22(16-23(27)30(25)34)39-20-4-2-3-5-20/h6-10,12,14-16,20,25-26,30-31,34H,2-5,11,13,17-18H2,1H3,(H2,32,33)/t25-,26+,30-,31+/m1/s1. The van der Waals surface area contributed by atoms with Gasteiger partial charge in [-0.25, -0.2) is 4.98 Å². The summed E-state index contributed by atoms with van der Waals surface area (Å²) in [6.45, 7) is 1.25. The molecule has 206 valence electrons. The number of aliphatic hydroxyl groups excluding tert-OH is 1. The number of aromatic nitrogens is 1. The van der Waals surface area contributed by atoms with Crippen molar-refractivity contribution in [2.45, 2.75) is 50.4 Å². The molecule has 0 amide bonds. The van der Waals surface area contributed by atoms with Gasteiger partial charge in [0.2, 0.25) is 0 Å². The van der Waals surface area contributed by atoms with Crippen LogP contribution < -0.4 is 24.7 Å². The molecule has 0 saturated heterocycles. The lowest BCUT2D eigenvalue weighted by atomic mass is 9.77. The third-order valence-corrected chi connectivity index (χ3v) is 8.17. The van der Waals surface area contributed by atoms with Gasteiger partial charge >= 0.3 is 0 Å². The molecule has 8 nitrogen and oxygen atoms in total. The third-order valence-electron chi connectivity index (χ3n) is 8.17. The number of aliphatic hydroxyl groups is 1. The normalized spacial score (nSPS) is 24.3. The summed E-state index contributed by atoms with van der Waals surface area (Å²) in [6.07, 6.45) is 6.13. The van der Waals surface area contributed by atoms with Gasteiger partial charge in [0.05, 0.1) is 45.2 Å². The summed E-state index contributed by atoms with van der Waals surface area (Å²) in [7, 11) is 1.65. The summed E-state index contributed by atoms with van der Waals surface area (Å²) < 4.78 is 30.7. The van der Waals surface area contributed by atoms with Gasteiger partial charge in [-0.2, -0.15) is 0 Å². The predicted molar refractivity (Wildman–Crippen MR) is 146 cm³/mol. The molecule has 0 bridgehead atoms. The largest absolute Gasteiger partial charge is 0.497 e. The van der Waals surface area contributed by atoms with Gasteiger partial charge in [0.25, 0.3) is 0 Å². The smallest absolute Gasteiger partial charge is 0.125 e. The highest BCUT2D eigenvalue weighted by molar-refractivity contribution is 5.45. The number of methoxy groups -OCH3 is 1. The van der Waals surface area contributed by atoms with E-state index < -0.39 is 6.10 Å². The summed E-state index contributed by atoms with van der Waals surface area (Å²) in [4.78, 5) is 4.08. The van der Waals surface area contributed by atoms with Crippen LogP contribution in [0.1, 0.15) is 54.6 Å². The Balaban J connectivity index is 1.25. The molecule has 0 radical (unpaired) electrons. The number of ether oxygens (including phenoxy) is 5. The summed E-state index contributed by atoms with van der Waals surface area (Å²) in [5, 5.41) is 11.7. The van der Waals surface area contributed by atoms with E-state index in [0.29, 0.717) is 37.8 Å². The van der Waals surface area contributed by atoms with Gasteiger partial charge in [-0.05, 0) is 86.2 Å². The molecule has 1 saturated carbocycles. The number of pyridine rings is 1. The van der Waals surface area contributed by atoms with Crippen LogP contribution in [0.4, 0.5) is 5.82 Å². The highest BCUT2D eigenvalue weighted by atomic mass is 16.5. The Kier molecular flexibility index (Phi) is 7.48. The monoisotopic (exact) mass is 532 g/mol. The Morgan fingerprint density at radius 3 is 2.41 bits per heavy atom. The molecule has 3 heterocycles. The fourth-order valence-corrected chi connectivity index (χ4v) is 6.05. The molecular weight excluding hydrogens is 496 g/mol. The zero-order chi connectivity index (χ0) is 26.8. The topological polar surface area (TPSA) is 105 Å². The van der Waals surface area contributed by atoms with Crippen molar-refractivity contribution in [2.24, 2.45) is 11.8 Å². The van der Waals surface area contributed by atoms with E-state index in [1.807, 2.05) is 48.5 Å². The van der Waals surface area contributed by atoms with Crippen LogP contribution in [0.15, 0.2) is 54.7 Å². The average Bonchev–Trinajstić information content (AvgIpc) is 3.47. The first-order valence-corrected chi connectivity index (χ1v) is 13.8. The van der Waals surface area contributed by atoms with Crippen molar-refractivity contribution in [3.8, 4) is 23.0 Å². The van der Waals surface area contributed by atoms with Gasteiger partial charge in [0.1, 0.15) is 28.8 Å². The lowest BCUT2D eigenvalue weighted by Gasteiger charge is -2.42. The van der Waals surface area contributed by atoms with Gasteiger partial charge in [-0.15, -0.1) is 0 Å². The van der Waals surface area contributed by atoms with Crippen molar-refractivity contribution in [2.75, 3.05) is 32.7 Å². The molecule has 8 heteroatoms. The fraction of sp³-hybridized carbons (Fsp3) is 0.452. The van der Waals surface area contributed by atoms with Gasteiger partial charge in [0.15, 0.2) is 0 Å². The van der Waals surface area contributed by atoms with Crippen LogP contribution in [-0.2, 0) is 11.2 Å². The van der Waals surface area contributed by atoms with Crippen LogP contribution in [0.5, 0.6) is 23.0 Å².